The van der Waals surface area contributed by atoms with E-state index in [1.54, 1.807) is 0 Å². The highest BCUT2D eigenvalue weighted by Crippen LogP contribution is 2.27. The Bertz CT molecular complexity index is 586. The van der Waals surface area contributed by atoms with E-state index in [-0.39, 0.29) is 11.2 Å². The standard InChI is InChI=1S/C13H13BrN2OS2/c1-8(18-2)12(17)16-13-15-11(7-19-13)9-4-3-5-10(14)6-9/h3-8H,1-2H3,(H,15,16,17). The van der Waals surface area contributed by atoms with Crippen LogP contribution < -0.4 is 5.32 Å². The van der Waals surface area contributed by atoms with Gasteiger partial charge in [0.2, 0.25) is 5.91 Å². The zero-order chi connectivity index (χ0) is 13.8. The van der Waals surface area contributed by atoms with Crippen molar-refractivity contribution in [1.82, 2.24) is 4.98 Å². The summed E-state index contributed by atoms with van der Waals surface area (Å²) in [5.74, 6) is -0.0114. The minimum atomic E-state index is -0.0711. The first-order valence-electron chi connectivity index (χ1n) is 5.65. The number of carbonyl (C=O) groups is 1. The molecule has 0 saturated carbocycles. The van der Waals surface area contributed by atoms with Gasteiger partial charge in [-0.15, -0.1) is 11.3 Å². The number of benzene rings is 1. The van der Waals surface area contributed by atoms with Crippen LogP contribution >= 0.6 is 39.0 Å². The van der Waals surface area contributed by atoms with E-state index >= 15 is 0 Å². The number of thioether (sulfide) groups is 1. The summed E-state index contributed by atoms with van der Waals surface area (Å²) in [6.45, 7) is 1.88. The minimum Gasteiger partial charge on any atom is -0.301 e. The van der Waals surface area contributed by atoms with Crippen molar-refractivity contribution in [3.63, 3.8) is 0 Å². The molecular weight excluding hydrogens is 344 g/mol. The van der Waals surface area contributed by atoms with E-state index in [1.165, 1.54) is 23.1 Å². The van der Waals surface area contributed by atoms with Gasteiger partial charge in [-0.3, -0.25) is 4.79 Å². The molecule has 0 spiro atoms. The Balaban J connectivity index is 2.13. The van der Waals surface area contributed by atoms with Crippen LogP contribution in [0.2, 0.25) is 0 Å². The smallest absolute Gasteiger partial charge is 0.238 e. The van der Waals surface area contributed by atoms with Gasteiger partial charge in [0.15, 0.2) is 5.13 Å². The molecule has 1 aromatic carbocycles. The second-order valence-corrected chi connectivity index (χ2v) is 6.87. The molecule has 3 nitrogen and oxygen atoms in total. The van der Waals surface area contributed by atoms with E-state index in [0.717, 1.165) is 15.7 Å². The molecule has 6 heteroatoms. The van der Waals surface area contributed by atoms with Gasteiger partial charge in [-0.05, 0) is 25.3 Å². The normalized spacial score (nSPS) is 12.2. The highest BCUT2D eigenvalue weighted by molar-refractivity contribution is 9.10. The number of halogens is 1. The molecule has 0 fully saturated rings. The Kier molecular flexibility index (Phi) is 5.01. The fourth-order valence-electron chi connectivity index (χ4n) is 1.43. The molecule has 1 unspecified atom stereocenters. The van der Waals surface area contributed by atoms with Gasteiger partial charge in [-0.2, -0.15) is 11.8 Å². The Hall–Kier alpha value is -0.850. The highest BCUT2D eigenvalue weighted by atomic mass is 79.9. The Morgan fingerprint density at radius 1 is 1.53 bits per heavy atom. The molecule has 0 aliphatic heterocycles. The van der Waals surface area contributed by atoms with Crippen LogP contribution in [0.15, 0.2) is 34.1 Å². The zero-order valence-electron chi connectivity index (χ0n) is 10.5. The maximum absolute atomic E-state index is 11.8. The van der Waals surface area contributed by atoms with Crippen LogP contribution in [0.5, 0.6) is 0 Å². The summed E-state index contributed by atoms with van der Waals surface area (Å²) in [6, 6.07) is 7.94. The van der Waals surface area contributed by atoms with Crippen molar-refractivity contribution in [2.24, 2.45) is 0 Å². The third-order valence-electron chi connectivity index (χ3n) is 2.58. The first kappa shape index (κ1) is 14.6. The van der Waals surface area contributed by atoms with Gasteiger partial charge in [0.05, 0.1) is 10.9 Å². The summed E-state index contributed by atoms with van der Waals surface area (Å²) in [7, 11) is 0. The Labute approximate surface area is 129 Å². The van der Waals surface area contributed by atoms with Crippen LogP contribution in [0.1, 0.15) is 6.92 Å². The van der Waals surface area contributed by atoms with Crippen LogP contribution in [0, 0.1) is 0 Å². The fraction of sp³-hybridized carbons (Fsp3) is 0.231. The Morgan fingerprint density at radius 2 is 2.32 bits per heavy atom. The lowest BCUT2D eigenvalue weighted by Gasteiger charge is -2.06. The van der Waals surface area contributed by atoms with E-state index in [2.05, 4.69) is 26.2 Å². The quantitative estimate of drug-likeness (QED) is 0.889. The van der Waals surface area contributed by atoms with Crippen molar-refractivity contribution in [3.05, 3.63) is 34.1 Å². The molecule has 1 amide bonds. The molecule has 0 radical (unpaired) electrons. The predicted octanol–water partition coefficient (Wildman–Crippen LogP) is 4.26. The van der Waals surface area contributed by atoms with E-state index in [9.17, 15) is 4.79 Å². The minimum absolute atomic E-state index is 0.0114. The van der Waals surface area contributed by atoms with Crippen LogP contribution in [-0.4, -0.2) is 22.4 Å². The van der Waals surface area contributed by atoms with Crippen molar-refractivity contribution in [2.45, 2.75) is 12.2 Å². The number of hydrogen-bond donors (Lipinski definition) is 1. The molecule has 100 valence electrons. The average molecular weight is 357 g/mol. The third kappa shape index (κ3) is 3.81. The molecule has 1 aromatic heterocycles. The molecular formula is C13H13BrN2OS2. The number of carbonyl (C=O) groups excluding carboxylic acids is 1. The summed E-state index contributed by atoms with van der Waals surface area (Å²) in [4.78, 5) is 16.2. The number of nitrogens with zero attached hydrogens (tertiary/aromatic N) is 1. The average Bonchev–Trinajstić information content (AvgIpc) is 2.86. The number of hydrogen-bond acceptors (Lipinski definition) is 4. The van der Waals surface area contributed by atoms with Gasteiger partial charge < -0.3 is 5.32 Å². The lowest BCUT2D eigenvalue weighted by molar-refractivity contribution is -0.115. The van der Waals surface area contributed by atoms with Crippen molar-refractivity contribution < 1.29 is 4.79 Å². The second kappa shape index (κ2) is 6.54. The van der Waals surface area contributed by atoms with Crippen molar-refractivity contribution in [3.8, 4) is 11.3 Å². The van der Waals surface area contributed by atoms with Crippen LogP contribution in [0.4, 0.5) is 5.13 Å². The molecule has 2 aromatic rings. The van der Waals surface area contributed by atoms with Gasteiger partial charge in [0.1, 0.15) is 0 Å². The summed E-state index contributed by atoms with van der Waals surface area (Å²) in [5, 5.41) is 5.35. The third-order valence-corrected chi connectivity index (χ3v) is 4.75. The van der Waals surface area contributed by atoms with E-state index in [0.29, 0.717) is 5.13 Å². The molecule has 2 rings (SSSR count). The number of thiazole rings is 1. The van der Waals surface area contributed by atoms with E-state index in [4.69, 9.17) is 0 Å². The molecule has 1 N–H and O–H groups in total. The number of amides is 1. The summed E-state index contributed by atoms with van der Waals surface area (Å²) in [6.07, 6.45) is 1.92. The van der Waals surface area contributed by atoms with Crippen molar-refractivity contribution >= 4 is 50.1 Å². The molecule has 1 atom stereocenters. The van der Waals surface area contributed by atoms with Crippen molar-refractivity contribution in [1.29, 1.82) is 0 Å². The molecule has 0 bridgehead atoms. The molecule has 1 heterocycles. The van der Waals surface area contributed by atoms with Crippen LogP contribution in [0.25, 0.3) is 11.3 Å². The van der Waals surface area contributed by atoms with Crippen LogP contribution in [0.3, 0.4) is 0 Å². The maximum Gasteiger partial charge on any atom is 0.238 e. The molecule has 0 aliphatic carbocycles. The number of rotatable bonds is 4. The van der Waals surface area contributed by atoms with E-state index in [1.807, 2.05) is 42.8 Å². The van der Waals surface area contributed by atoms with Crippen molar-refractivity contribution in [2.75, 3.05) is 11.6 Å². The summed E-state index contributed by atoms with van der Waals surface area (Å²) in [5.41, 5.74) is 1.91. The predicted molar refractivity (Wildman–Crippen MR) is 86.9 cm³/mol. The lowest BCUT2D eigenvalue weighted by atomic mass is 10.2. The van der Waals surface area contributed by atoms with Gasteiger partial charge in [0.25, 0.3) is 0 Å². The zero-order valence-corrected chi connectivity index (χ0v) is 13.7. The number of nitrogens with one attached hydrogen (secondary N) is 1. The highest BCUT2D eigenvalue weighted by Gasteiger charge is 2.13. The first-order valence-corrected chi connectivity index (χ1v) is 8.61. The maximum atomic E-state index is 11.8. The van der Waals surface area contributed by atoms with E-state index < -0.39 is 0 Å². The fourth-order valence-corrected chi connectivity index (χ4v) is 2.82. The van der Waals surface area contributed by atoms with Gasteiger partial charge in [-0.25, -0.2) is 4.98 Å². The molecule has 0 saturated heterocycles. The van der Waals surface area contributed by atoms with Gasteiger partial charge >= 0.3 is 0 Å². The topological polar surface area (TPSA) is 42.0 Å². The SMILES string of the molecule is CSC(C)C(=O)Nc1nc(-c2cccc(Br)c2)cs1. The summed E-state index contributed by atoms with van der Waals surface area (Å²) < 4.78 is 1.01. The molecule has 19 heavy (non-hydrogen) atoms. The number of aromatic nitrogens is 1. The molecule has 0 aliphatic rings. The monoisotopic (exact) mass is 356 g/mol. The largest absolute Gasteiger partial charge is 0.301 e. The number of anilines is 1. The summed E-state index contributed by atoms with van der Waals surface area (Å²) >= 11 is 6.39. The second-order valence-electron chi connectivity index (χ2n) is 3.92. The first-order chi connectivity index (χ1) is 9.10. The Morgan fingerprint density at radius 3 is 3.00 bits per heavy atom. The lowest BCUT2D eigenvalue weighted by Crippen LogP contribution is -2.21. The van der Waals surface area contributed by atoms with Gasteiger partial charge in [0, 0.05) is 15.4 Å². The van der Waals surface area contributed by atoms with Crippen LogP contribution in [-0.2, 0) is 4.79 Å². The van der Waals surface area contributed by atoms with Gasteiger partial charge in [-0.1, -0.05) is 28.1 Å².